The number of hydrogen-bond donors (Lipinski definition) is 0. The molecule has 0 N–H and O–H groups in total. The molecular formula is C70H46N4O2Pt-2. The maximum absolute atomic E-state index is 10.3. The number of furan rings is 1. The van der Waals surface area contributed by atoms with Crippen molar-refractivity contribution in [2.75, 3.05) is 0 Å². The van der Waals surface area contributed by atoms with Gasteiger partial charge in [-0.05, 0) is 108 Å². The molecule has 0 unspecified atom stereocenters. The van der Waals surface area contributed by atoms with Crippen molar-refractivity contribution in [1.82, 2.24) is 14.1 Å². The van der Waals surface area contributed by atoms with Crippen molar-refractivity contribution in [3.8, 4) is 84.3 Å². The largest absolute Gasteiger partial charge is 0.510 e. The number of nitrogens with zero attached hydrogens (tertiary/aromatic N) is 4. The van der Waals surface area contributed by atoms with E-state index in [0.717, 1.165) is 88.7 Å². The Kier molecular flexibility index (Phi) is 10.4. The van der Waals surface area contributed by atoms with Crippen molar-refractivity contribution in [3.63, 3.8) is 0 Å². The van der Waals surface area contributed by atoms with Crippen LogP contribution in [0, 0.1) is 18.5 Å². The molecule has 370 valence electrons. The van der Waals surface area contributed by atoms with Crippen LogP contribution in [0.5, 0.6) is 11.5 Å². The van der Waals surface area contributed by atoms with Crippen LogP contribution in [0.3, 0.4) is 0 Å². The van der Waals surface area contributed by atoms with Gasteiger partial charge in [0.25, 0.3) is 6.33 Å². The molecule has 0 bridgehead atoms. The van der Waals surface area contributed by atoms with Gasteiger partial charge in [0, 0.05) is 60.6 Å². The van der Waals surface area contributed by atoms with E-state index >= 15 is 0 Å². The normalized spacial score (nSPS) is 12.4. The molecule has 0 aliphatic carbocycles. The third kappa shape index (κ3) is 7.50. The molecular weight excluding hydrogens is 1120 g/mol. The summed E-state index contributed by atoms with van der Waals surface area (Å²) in [5.74, 6) is 1.86. The SMILES string of the molecule is [2H]c1c(-c2cccc3c2-[n+]2[c-]n(-c4[c-]c(Oc5[c-]c6c(cc5)c5ccccc5n6-c5cc(C(C)(C)C)ccn5)ccc4)c4cccc(c42)-c2ccccc2-c2ccccc2-3)c([2H])c2c(oc3ccccc32)c1-c1ccccc1.[Pt]. The maximum atomic E-state index is 10.3. The second-order valence-electron chi connectivity index (χ2n) is 20.5. The van der Waals surface area contributed by atoms with E-state index in [4.69, 9.17) is 14.1 Å². The number of hydrogen-bond acceptors (Lipinski definition) is 3. The zero-order chi connectivity index (χ0) is 52.4. The van der Waals surface area contributed by atoms with Crippen LogP contribution >= 0.6 is 0 Å². The van der Waals surface area contributed by atoms with E-state index in [-0.39, 0.29) is 38.6 Å². The molecule has 7 heteroatoms. The summed E-state index contributed by atoms with van der Waals surface area (Å²) in [5, 5.41) is 3.64. The predicted molar refractivity (Wildman–Crippen MR) is 307 cm³/mol. The summed E-state index contributed by atoms with van der Waals surface area (Å²) < 4.78 is 40.3. The fourth-order valence-corrected chi connectivity index (χ4v) is 11.4. The Balaban J connectivity index is 0.00000564. The van der Waals surface area contributed by atoms with E-state index in [0.29, 0.717) is 50.4 Å². The topological polar surface area (TPSA) is 49.0 Å². The van der Waals surface area contributed by atoms with Gasteiger partial charge in [0.15, 0.2) is 0 Å². The van der Waals surface area contributed by atoms with Gasteiger partial charge in [-0.1, -0.05) is 178 Å². The Morgan fingerprint density at radius 3 is 1.97 bits per heavy atom. The molecule has 0 atom stereocenters. The minimum Gasteiger partial charge on any atom is -0.510 e. The average Bonchev–Trinajstić information content (AvgIpc) is 4.28. The van der Waals surface area contributed by atoms with Gasteiger partial charge in [0.05, 0.1) is 19.5 Å². The molecule has 1 aliphatic heterocycles. The van der Waals surface area contributed by atoms with E-state index in [1.165, 1.54) is 5.56 Å². The van der Waals surface area contributed by atoms with Gasteiger partial charge >= 0.3 is 0 Å². The molecule has 14 aromatic rings. The first-order chi connectivity index (χ1) is 38.2. The van der Waals surface area contributed by atoms with Crippen LogP contribution in [0.25, 0.3) is 128 Å². The van der Waals surface area contributed by atoms with E-state index in [1.807, 2.05) is 89.6 Å². The molecule has 15 rings (SSSR count). The van der Waals surface area contributed by atoms with E-state index in [9.17, 15) is 2.74 Å². The smallest absolute Gasteiger partial charge is 0.268 e. The van der Waals surface area contributed by atoms with Crippen LogP contribution in [0.4, 0.5) is 0 Å². The average molecular weight is 1170 g/mol. The number of benzene rings is 10. The Bertz CT molecular complexity index is 4800. The summed E-state index contributed by atoms with van der Waals surface area (Å²) in [6.07, 6.45) is 5.76. The number of ether oxygens (including phenoxy) is 1. The van der Waals surface area contributed by atoms with Gasteiger partial charge in [0.2, 0.25) is 0 Å². The van der Waals surface area contributed by atoms with Gasteiger partial charge in [-0.25, -0.2) is 4.98 Å². The zero-order valence-corrected chi connectivity index (χ0v) is 44.4. The van der Waals surface area contributed by atoms with Crippen LogP contribution in [-0.2, 0) is 26.5 Å². The number of rotatable bonds is 6. The summed E-state index contributed by atoms with van der Waals surface area (Å²) >= 11 is 0. The Hall–Kier alpha value is -9.09. The number of fused-ring (bicyclic) bond motifs is 13. The van der Waals surface area contributed by atoms with Gasteiger partial charge in [0.1, 0.15) is 17.0 Å². The Morgan fingerprint density at radius 1 is 0.532 bits per heavy atom. The molecule has 10 aromatic carbocycles. The summed E-state index contributed by atoms with van der Waals surface area (Å²) in [6.45, 7) is 6.65. The van der Waals surface area contributed by atoms with Gasteiger partial charge in [-0.2, -0.15) is 18.2 Å². The number of imidazole rings is 1. The molecule has 77 heavy (non-hydrogen) atoms. The molecule has 0 saturated heterocycles. The van der Waals surface area contributed by atoms with Crippen LogP contribution in [0.2, 0.25) is 0 Å². The first-order valence-electron chi connectivity index (χ1n) is 26.6. The number of para-hydroxylation sites is 4. The molecule has 6 nitrogen and oxygen atoms in total. The molecule has 0 fully saturated rings. The number of pyridine rings is 1. The van der Waals surface area contributed by atoms with Gasteiger partial charge in [-0.3, -0.25) is 4.57 Å². The van der Waals surface area contributed by atoms with Crippen molar-refractivity contribution < 1.29 is 37.5 Å². The van der Waals surface area contributed by atoms with E-state index in [1.54, 1.807) is 0 Å². The number of aromatic nitrogens is 4. The summed E-state index contributed by atoms with van der Waals surface area (Å²) in [5.41, 5.74) is 16.3. The first kappa shape index (κ1) is 44.2. The van der Waals surface area contributed by atoms with Crippen molar-refractivity contribution >= 4 is 54.8 Å². The molecule has 5 heterocycles. The quantitative estimate of drug-likeness (QED) is 0.123. The fourth-order valence-electron chi connectivity index (χ4n) is 11.4. The Labute approximate surface area is 462 Å². The third-order valence-corrected chi connectivity index (χ3v) is 14.9. The molecule has 0 amide bonds. The fraction of sp³-hybridized carbons (Fsp3) is 0.0571. The van der Waals surface area contributed by atoms with Crippen molar-refractivity contribution in [2.24, 2.45) is 0 Å². The second-order valence-corrected chi connectivity index (χ2v) is 20.5. The minimum absolute atomic E-state index is 0. The van der Waals surface area contributed by atoms with Gasteiger partial charge in [-0.15, -0.1) is 29.7 Å². The summed E-state index contributed by atoms with van der Waals surface area (Å²) in [7, 11) is 0. The van der Waals surface area contributed by atoms with Crippen molar-refractivity contribution in [1.29, 1.82) is 0 Å². The van der Waals surface area contributed by atoms with Crippen molar-refractivity contribution in [2.45, 2.75) is 26.2 Å². The predicted octanol–water partition coefficient (Wildman–Crippen LogP) is 17.4. The maximum Gasteiger partial charge on any atom is 0.268 e. The molecule has 0 spiro atoms. The van der Waals surface area contributed by atoms with E-state index in [2.05, 4.69) is 176 Å². The standard InChI is InChI=1S/C70H46N4O2.Pt/c1-70(2,3)46-36-37-71-66(40-46)74-62-31-13-11-26-55(62)56-35-34-49(42-64(56)74)75-48-21-15-20-47(41-48)72-43-73-67-50(45-38-60(44-18-5-4-6-19-44)69-61(39-45)57-27-12-14-33-65(57)76-69)28-16-29-58(67)53-24-9-7-22-51(53)52-23-8-10-25-54(52)59-30-17-32-63(72)68(59)73;/h4-40H,1-3H3;/q-2;/i38D,39D;. The summed E-state index contributed by atoms with van der Waals surface area (Å²) in [4.78, 5) is 4.89. The Morgan fingerprint density at radius 2 is 1.17 bits per heavy atom. The van der Waals surface area contributed by atoms with Crippen molar-refractivity contribution in [3.05, 3.63) is 249 Å². The van der Waals surface area contributed by atoms with Crippen LogP contribution in [-0.4, -0.2) is 14.1 Å². The molecule has 0 saturated carbocycles. The molecule has 1 aliphatic rings. The minimum atomic E-state index is -0.0650. The van der Waals surface area contributed by atoms with Crippen LogP contribution in [0.1, 0.15) is 29.1 Å². The zero-order valence-electron chi connectivity index (χ0n) is 44.1. The summed E-state index contributed by atoms with van der Waals surface area (Å²) in [6, 6.07) is 77.9. The van der Waals surface area contributed by atoms with Gasteiger partial charge < -0.3 is 18.3 Å². The molecule has 0 radical (unpaired) electrons. The second kappa shape index (κ2) is 18.0. The van der Waals surface area contributed by atoms with E-state index < -0.39 is 0 Å². The first-order valence-corrected chi connectivity index (χ1v) is 25.6. The van der Waals surface area contributed by atoms with Crippen LogP contribution < -0.4 is 9.30 Å². The monoisotopic (exact) mass is 1170 g/mol. The van der Waals surface area contributed by atoms with Crippen LogP contribution in [0.15, 0.2) is 229 Å². The molecule has 4 aromatic heterocycles. The third-order valence-electron chi connectivity index (χ3n) is 14.9.